The minimum absolute atomic E-state index is 0.0355. The highest BCUT2D eigenvalue weighted by molar-refractivity contribution is 6.28. The molecule has 0 spiro atoms. The third-order valence-electron chi connectivity index (χ3n) is 2.58. The Labute approximate surface area is 117 Å². The second-order valence-corrected chi connectivity index (χ2v) is 4.23. The summed E-state index contributed by atoms with van der Waals surface area (Å²) in [5, 5.41) is 0.0355. The molecular formula is C12H8ClN5O2. The van der Waals surface area contributed by atoms with E-state index in [-0.39, 0.29) is 11.2 Å². The van der Waals surface area contributed by atoms with Crippen molar-refractivity contribution < 1.29 is 9.53 Å². The predicted molar refractivity (Wildman–Crippen MR) is 71.7 cm³/mol. The second kappa shape index (κ2) is 4.78. The molecule has 0 radical (unpaired) electrons. The Morgan fingerprint density at radius 2 is 2.00 bits per heavy atom. The van der Waals surface area contributed by atoms with Gasteiger partial charge in [0.2, 0.25) is 17.1 Å². The average molecular weight is 290 g/mol. The summed E-state index contributed by atoms with van der Waals surface area (Å²) in [6.07, 6.45) is 1.47. The summed E-state index contributed by atoms with van der Waals surface area (Å²) in [6, 6.07) is 6.34. The van der Waals surface area contributed by atoms with Crippen LogP contribution in [0.25, 0.3) is 11.2 Å². The van der Waals surface area contributed by atoms with E-state index in [0.29, 0.717) is 22.5 Å². The first-order valence-electron chi connectivity index (χ1n) is 5.58. The number of amides is 1. The van der Waals surface area contributed by atoms with Crippen LogP contribution in [0.4, 0.5) is 0 Å². The Hall–Kier alpha value is -2.67. The van der Waals surface area contributed by atoms with E-state index in [1.165, 1.54) is 6.33 Å². The van der Waals surface area contributed by atoms with Gasteiger partial charge in [0.25, 0.3) is 0 Å². The van der Waals surface area contributed by atoms with E-state index < -0.39 is 5.91 Å². The number of carbonyl (C=O) groups excluding carboxylic acids is 1. The van der Waals surface area contributed by atoms with Gasteiger partial charge in [-0.15, -0.1) is 0 Å². The number of primary amides is 1. The van der Waals surface area contributed by atoms with Gasteiger partial charge in [-0.1, -0.05) is 0 Å². The van der Waals surface area contributed by atoms with Crippen LogP contribution in [-0.2, 0) is 0 Å². The molecule has 2 heterocycles. The molecular weight excluding hydrogens is 282 g/mol. The first kappa shape index (κ1) is 12.4. The molecule has 0 fully saturated rings. The van der Waals surface area contributed by atoms with E-state index in [0.717, 1.165) is 0 Å². The smallest absolute Gasteiger partial charge is 0.250 e. The van der Waals surface area contributed by atoms with Crippen molar-refractivity contribution >= 4 is 28.7 Å². The third-order valence-corrected chi connectivity index (χ3v) is 2.75. The first-order valence-corrected chi connectivity index (χ1v) is 5.95. The standard InChI is InChI=1S/C12H8ClN5O2/c13-12-17-10-8(15-5-16-10)11(18-12)20-7-3-1-6(2-4-7)9(14)19/h1-5H,(H2,14,19)(H,15,16,17,18). The number of nitrogens with one attached hydrogen (secondary N) is 1. The minimum atomic E-state index is -0.502. The molecule has 3 N–H and O–H groups in total. The Balaban J connectivity index is 1.96. The van der Waals surface area contributed by atoms with Gasteiger partial charge in [0.1, 0.15) is 11.3 Å². The number of carbonyl (C=O) groups is 1. The molecule has 20 heavy (non-hydrogen) atoms. The molecule has 0 aliphatic rings. The molecule has 0 saturated heterocycles. The summed E-state index contributed by atoms with van der Waals surface area (Å²) in [6.45, 7) is 0. The lowest BCUT2D eigenvalue weighted by molar-refractivity contribution is 0.100. The zero-order valence-corrected chi connectivity index (χ0v) is 10.8. The quantitative estimate of drug-likeness (QED) is 0.716. The second-order valence-electron chi connectivity index (χ2n) is 3.89. The van der Waals surface area contributed by atoms with Gasteiger partial charge in [0.15, 0.2) is 5.65 Å². The lowest BCUT2D eigenvalue weighted by atomic mass is 10.2. The predicted octanol–water partition coefficient (Wildman–Crippen LogP) is 1.90. The molecule has 0 bridgehead atoms. The Bertz CT molecular complexity index is 784. The van der Waals surface area contributed by atoms with Crippen molar-refractivity contribution in [1.82, 2.24) is 19.9 Å². The summed E-state index contributed by atoms with van der Waals surface area (Å²) >= 11 is 5.80. The van der Waals surface area contributed by atoms with Crippen LogP contribution in [0.5, 0.6) is 11.6 Å². The van der Waals surface area contributed by atoms with Gasteiger partial charge in [-0.2, -0.15) is 9.97 Å². The molecule has 0 saturated carbocycles. The number of nitrogens with two attached hydrogens (primary N) is 1. The number of hydrogen-bond donors (Lipinski definition) is 2. The van der Waals surface area contributed by atoms with Crippen molar-refractivity contribution in [3.8, 4) is 11.6 Å². The fourth-order valence-electron chi connectivity index (χ4n) is 1.65. The molecule has 1 amide bonds. The maximum atomic E-state index is 11.0. The molecule has 100 valence electrons. The van der Waals surface area contributed by atoms with Crippen molar-refractivity contribution in [2.75, 3.05) is 0 Å². The van der Waals surface area contributed by atoms with E-state index in [1.54, 1.807) is 24.3 Å². The molecule has 1 aromatic carbocycles. The van der Waals surface area contributed by atoms with Crippen molar-refractivity contribution in [3.05, 3.63) is 41.4 Å². The van der Waals surface area contributed by atoms with Crippen LogP contribution in [0.15, 0.2) is 30.6 Å². The van der Waals surface area contributed by atoms with Gasteiger partial charge in [0, 0.05) is 5.56 Å². The lowest BCUT2D eigenvalue weighted by Crippen LogP contribution is -2.10. The van der Waals surface area contributed by atoms with Crippen molar-refractivity contribution in [2.24, 2.45) is 5.73 Å². The van der Waals surface area contributed by atoms with E-state index in [1.807, 2.05) is 0 Å². The zero-order chi connectivity index (χ0) is 14.1. The van der Waals surface area contributed by atoms with Gasteiger partial charge >= 0.3 is 0 Å². The van der Waals surface area contributed by atoms with Crippen LogP contribution in [0.1, 0.15) is 10.4 Å². The SMILES string of the molecule is NC(=O)c1ccc(Oc2nc(Cl)nc3nc[nH]c23)cc1. The van der Waals surface area contributed by atoms with E-state index >= 15 is 0 Å². The number of benzene rings is 1. The molecule has 7 nitrogen and oxygen atoms in total. The monoisotopic (exact) mass is 289 g/mol. The highest BCUT2D eigenvalue weighted by atomic mass is 35.5. The number of rotatable bonds is 3. The maximum absolute atomic E-state index is 11.0. The summed E-state index contributed by atoms with van der Waals surface area (Å²) in [5.41, 5.74) is 6.51. The lowest BCUT2D eigenvalue weighted by Gasteiger charge is -2.05. The van der Waals surface area contributed by atoms with Gasteiger partial charge in [-0.25, -0.2) is 4.98 Å². The highest BCUT2D eigenvalue weighted by Crippen LogP contribution is 2.26. The molecule has 0 aliphatic carbocycles. The maximum Gasteiger partial charge on any atom is 0.250 e. The Kier molecular flexibility index (Phi) is 2.96. The topological polar surface area (TPSA) is 107 Å². The number of nitrogens with zero attached hydrogens (tertiary/aromatic N) is 3. The zero-order valence-electron chi connectivity index (χ0n) is 10.0. The number of H-pyrrole nitrogens is 1. The van der Waals surface area contributed by atoms with Crippen LogP contribution in [0, 0.1) is 0 Å². The normalized spacial score (nSPS) is 10.7. The average Bonchev–Trinajstić information content (AvgIpc) is 2.87. The van der Waals surface area contributed by atoms with E-state index in [4.69, 9.17) is 22.1 Å². The Morgan fingerprint density at radius 1 is 1.25 bits per heavy atom. The van der Waals surface area contributed by atoms with Gasteiger partial charge in [-0.3, -0.25) is 4.79 Å². The first-order chi connectivity index (χ1) is 9.63. The van der Waals surface area contributed by atoms with E-state index in [9.17, 15) is 4.79 Å². The largest absolute Gasteiger partial charge is 0.437 e. The fourth-order valence-corrected chi connectivity index (χ4v) is 1.81. The number of aromatic nitrogens is 4. The van der Waals surface area contributed by atoms with Crippen molar-refractivity contribution in [3.63, 3.8) is 0 Å². The van der Waals surface area contributed by atoms with Gasteiger partial charge in [0.05, 0.1) is 6.33 Å². The molecule has 0 atom stereocenters. The van der Waals surface area contributed by atoms with Crippen LogP contribution in [0.3, 0.4) is 0 Å². The van der Waals surface area contributed by atoms with Crippen molar-refractivity contribution in [2.45, 2.75) is 0 Å². The summed E-state index contributed by atoms with van der Waals surface area (Å²) in [5.74, 6) is 0.239. The van der Waals surface area contributed by atoms with Gasteiger partial charge < -0.3 is 15.5 Å². The number of aromatic amines is 1. The molecule has 0 unspecified atom stereocenters. The molecule has 3 rings (SSSR count). The van der Waals surface area contributed by atoms with E-state index in [2.05, 4.69) is 19.9 Å². The molecule has 8 heteroatoms. The number of imidazole rings is 1. The van der Waals surface area contributed by atoms with Crippen LogP contribution in [-0.4, -0.2) is 25.8 Å². The fraction of sp³-hybridized carbons (Fsp3) is 0. The van der Waals surface area contributed by atoms with Gasteiger partial charge in [-0.05, 0) is 35.9 Å². The number of hydrogen-bond acceptors (Lipinski definition) is 5. The van der Waals surface area contributed by atoms with Crippen LogP contribution in [0.2, 0.25) is 5.28 Å². The molecule has 2 aromatic heterocycles. The number of ether oxygens (including phenoxy) is 1. The highest BCUT2D eigenvalue weighted by Gasteiger charge is 2.11. The van der Waals surface area contributed by atoms with Crippen molar-refractivity contribution in [1.29, 1.82) is 0 Å². The summed E-state index contributed by atoms with van der Waals surface area (Å²) in [7, 11) is 0. The van der Waals surface area contributed by atoms with Crippen LogP contribution >= 0.6 is 11.6 Å². The Morgan fingerprint density at radius 3 is 2.70 bits per heavy atom. The molecule has 0 aliphatic heterocycles. The van der Waals surface area contributed by atoms with Crippen LogP contribution < -0.4 is 10.5 Å². The number of halogens is 1. The number of fused-ring (bicyclic) bond motifs is 1. The summed E-state index contributed by atoms with van der Waals surface area (Å²) < 4.78 is 5.61. The third kappa shape index (κ3) is 2.26. The summed E-state index contributed by atoms with van der Waals surface area (Å²) in [4.78, 5) is 25.8. The molecule has 3 aromatic rings. The minimum Gasteiger partial charge on any atom is -0.437 e.